The Hall–Kier alpha value is -2.69. The standard InChI is InChI=1S/C15H12N2O3/c18-14-5-6-15(19)17(14)8-9-20-12-3-4-13-11(10-12)2-1-7-16-13/h1-7,10H,8-9H2. The molecule has 1 aliphatic rings. The molecule has 0 radical (unpaired) electrons. The van der Waals surface area contributed by atoms with Crippen molar-refractivity contribution in [2.75, 3.05) is 13.2 Å². The van der Waals surface area contributed by atoms with Crippen LogP contribution < -0.4 is 4.74 Å². The number of amides is 2. The lowest BCUT2D eigenvalue weighted by Crippen LogP contribution is -2.33. The summed E-state index contributed by atoms with van der Waals surface area (Å²) in [4.78, 5) is 28.1. The van der Waals surface area contributed by atoms with Gasteiger partial charge in [0.2, 0.25) is 0 Å². The highest BCUT2D eigenvalue weighted by molar-refractivity contribution is 6.12. The number of hydrogen-bond acceptors (Lipinski definition) is 4. The van der Waals surface area contributed by atoms with Crippen LogP contribution in [0, 0.1) is 0 Å². The molecular weight excluding hydrogens is 256 g/mol. The first-order valence-electron chi connectivity index (χ1n) is 6.25. The van der Waals surface area contributed by atoms with Crippen molar-refractivity contribution in [3.63, 3.8) is 0 Å². The molecule has 2 heterocycles. The molecule has 0 aliphatic carbocycles. The van der Waals surface area contributed by atoms with Gasteiger partial charge in [0.1, 0.15) is 12.4 Å². The van der Waals surface area contributed by atoms with Gasteiger partial charge < -0.3 is 4.74 Å². The van der Waals surface area contributed by atoms with E-state index in [1.165, 1.54) is 12.2 Å². The number of rotatable bonds is 4. The number of carbonyl (C=O) groups is 2. The maximum Gasteiger partial charge on any atom is 0.253 e. The molecular formula is C15H12N2O3. The van der Waals surface area contributed by atoms with E-state index in [2.05, 4.69) is 4.98 Å². The van der Waals surface area contributed by atoms with Gasteiger partial charge in [0.25, 0.3) is 11.8 Å². The zero-order chi connectivity index (χ0) is 13.9. The van der Waals surface area contributed by atoms with Gasteiger partial charge in [0.15, 0.2) is 0 Å². The molecule has 0 spiro atoms. The maximum atomic E-state index is 11.4. The molecule has 3 rings (SSSR count). The molecule has 0 N–H and O–H groups in total. The second-order valence-electron chi connectivity index (χ2n) is 4.37. The van der Waals surface area contributed by atoms with E-state index in [1.807, 2.05) is 30.3 Å². The van der Waals surface area contributed by atoms with Crippen LogP contribution in [0.5, 0.6) is 5.75 Å². The monoisotopic (exact) mass is 268 g/mol. The molecule has 0 saturated carbocycles. The average molecular weight is 268 g/mol. The predicted molar refractivity (Wildman–Crippen MR) is 73.1 cm³/mol. The number of benzene rings is 1. The predicted octanol–water partition coefficient (Wildman–Crippen LogP) is 1.54. The second kappa shape index (κ2) is 5.13. The van der Waals surface area contributed by atoms with E-state index in [-0.39, 0.29) is 25.0 Å². The molecule has 20 heavy (non-hydrogen) atoms. The lowest BCUT2D eigenvalue weighted by Gasteiger charge is -2.14. The van der Waals surface area contributed by atoms with Gasteiger partial charge in [-0.05, 0) is 24.3 Å². The fourth-order valence-corrected chi connectivity index (χ4v) is 2.05. The van der Waals surface area contributed by atoms with Gasteiger partial charge in [-0.25, -0.2) is 0 Å². The molecule has 0 saturated heterocycles. The zero-order valence-corrected chi connectivity index (χ0v) is 10.7. The number of ether oxygens (including phenoxy) is 1. The number of hydrogen-bond donors (Lipinski definition) is 0. The van der Waals surface area contributed by atoms with E-state index in [1.54, 1.807) is 6.20 Å². The highest BCUT2D eigenvalue weighted by atomic mass is 16.5. The quantitative estimate of drug-likeness (QED) is 0.789. The number of nitrogens with zero attached hydrogens (tertiary/aromatic N) is 2. The smallest absolute Gasteiger partial charge is 0.253 e. The van der Waals surface area contributed by atoms with E-state index in [0.717, 1.165) is 15.8 Å². The topological polar surface area (TPSA) is 59.5 Å². The highest BCUT2D eigenvalue weighted by Gasteiger charge is 2.22. The summed E-state index contributed by atoms with van der Waals surface area (Å²) in [6, 6.07) is 9.39. The minimum absolute atomic E-state index is 0.246. The first kappa shape index (κ1) is 12.3. The number of fused-ring (bicyclic) bond motifs is 1. The molecule has 2 aromatic rings. The molecule has 2 amide bonds. The Morgan fingerprint density at radius 2 is 1.90 bits per heavy atom. The molecule has 1 aromatic heterocycles. The lowest BCUT2D eigenvalue weighted by atomic mass is 10.2. The van der Waals surface area contributed by atoms with Gasteiger partial charge in [-0.15, -0.1) is 0 Å². The molecule has 0 unspecified atom stereocenters. The van der Waals surface area contributed by atoms with Gasteiger partial charge >= 0.3 is 0 Å². The Morgan fingerprint density at radius 1 is 1.10 bits per heavy atom. The Morgan fingerprint density at radius 3 is 2.70 bits per heavy atom. The van der Waals surface area contributed by atoms with Crippen LogP contribution in [0.25, 0.3) is 10.9 Å². The van der Waals surface area contributed by atoms with Gasteiger partial charge in [0.05, 0.1) is 12.1 Å². The Kier molecular flexibility index (Phi) is 3.16. The first-order chi connectivity index (χ1) is 9.74. The summed E-state index contributed by atoms with van der Waals surface area (Å²) in [5.74, 6) is 0.111. The molecule has 1 aromatic carbocycles. The van der Waals surface area contributed by atoms with Crippen LogP contribution in [0.15, 0.2) is 48.7 Å². The van der Waals surface area contributed by atoms with Crippen molar-refractivity contribution in [3.8, 4) is 5.75 Å². The van der Waals surface area contributed by atoms with E-state index < -0.39 is 0 Å². The van der Waals surface area contributed by atoms with E-state index in [4.69, 9.17) is 4.74 Å². The van der Waals surface area contributed by atoms with Gasteiger partial charge in [-0.3, -0.25) is 19.5 Å². The van der Waals surface area contributed by atoms with Crippen LogP contribution in [0.2, 0.25) is 0 Å². The number of aromatic nitrogens is 1. The Bertz CT molecular complexity index is 691. The summed E-state index contributed by atoms with van der Waals surface area (Å²) in [6.07, 6.45) is 4.27. The van der Waals surface area contributed by atoms with Crippen LogP contribution in [0.4, 0.5) is 0 Å². The van der Waals surface area contributed by atoms with Crippen LogP contribution in [-0.2, 0) is 9.59 Å². The normalized spacial score (nSPS) is 14.3. The minimum atomic E-state index is -0.290. The van der Waals surface area contributed by atoms with Crippen molar-refractivity contribution in [3.05, 3.63) is 48.7 Å². The van der Waals surface area contributed by atoms with Gasteiger partial charge in [-0.1, -0.05) is 6.07 Å². The minimum Gasteiger partial charge on any atom is -0.492 e. The molecule has 0 bridgehead atoms. The van der Waals surface area contributed by atoms with Gasteiger partial charge in [0, 0.05) is 23.7 Å². The number of carbonyl (C=O) groups excluding carboxylic acids is 2. The SMILES string of the molecule is O=C1C=CC(=O)N1CCOc1ccc2ncccc2c1. The fraction of sp³-hybridized carbons (Fsp3) is 0.133. The molecule has 0 fully saturated rings. The first-order valence-corrected chi connectivity index (χ1v) is 6.25. The Labute approximate surface area is 115 Å². The average Bonchev–Trinajstić information content (AvgIpc) is 2.79. The summed E-state index contributed by atoms with van der Waals surface area (Å²) in [7, 11) is 0. The van der Waals surface area contributed by atoms with Crippen LogP contribution in [0.3, 0.4) is 0 Å². The molecule has 100 valence electrons. The highest BCUT2D eigenvalue weighted by Crippen LogP contribution is 2.18. The molecule has 0 atom stereocenters. The largest absolute Gasteiger partial charge is 0.492 e. The Balaban J connectivity index is 1.63. The van der Waals surface area contributed by atoms with Crippen molar-refractivity contribution in [2.45, 2.75) is 0 Å². The number of imide groups is 1. The van der Waals surface area contributed by atoms with E-state index in [9.17, 15) is 9.59 Å². The lowest BCUT2D eigenvalue weighted by molar-refractivity contribution is -0.137. The second-order valence-corrected chi connectivity index (χ2v) is 4.37. The van der Waals surface area contributed by atoms with Gasteiger partial charge in [-0.2, -0.15) is 0 Å². The third-order valence-corrected chi connectivity index (χ3v) is 3.06. The fourth-order valence-electron chi connectivity index (χ4n) is 2.05. The number of pyridine rings is 1. The van der Waals surface area contributed by atoms with Crippen molar-refractivity contribution in [2.24, 2.45) is 0 Å². The third kappa shape index (κ3) is 2.38. The van der Waals surface area contributed by atoms with Crippen LogP contribution in [-0.4, -0.2) is 34.8 Å². The summed E-state index contributed by atoms with van der Waals surface area (Å²) < 4.78 is 5.57. The van der Waals surface area contributed by atoms with Crippen molar-refractivity contribution < 1.29 is 14.3 Å². The zero-order valence-electron chi connectivity index (χ0n) is 10.7. The van der Waals surface area contributed by atoms with Crippen LogP contribution >= 0.6 is 0 Å². The van der Waals surface area contributed by atoms with Crippen molar-refractivity contribution in [1.29, 1.82) is 0 Å². The van der Waals surface area contributed by atoms with Crippen molar-refractivity contribution in [1.82, 2.24) is 9.88 Å². The molecule has 5 nitrogen and oxygen atoms in total. The summed E-state index contributed by atoms with van der Waals surface area (Å²) >= 11 is 0. The van der Waals surface area contributed by atoms with Crippen molar-refractivity contribution >= 4 is 22.7 Å². The third-order valence-electron chi connectivity index (χ3n) is 3.06. The van der Waals surface area contributed by atoms with Crippen LogP contribution in [0.1, 0.15) is 0 Å². The summed E-state index contributed by atoms with van der Waals surface area (Å²) in [6.45, 7) is 0.515. The van der Waals surface area contributed by atoms with E-state index in [0.29, 0.717) is 5.75 Å². The summed E-state index contributed by atoms with van der Waals surface area (Å²) in [5, 5.41) is 0.986. The molecule has 1 aliphatic heterocycles. The maximum absolute atomic E-state index is 11.4. The van der Waals surface area contributed by atoms with E-state index >= 15 is 0 Å². The summed E-state index contributed by atoms with van der Waals surface area (Å²) in [5.41, 5.74) is 0.897. The molecule has 5 heteroatoms.